The fourth-order valence-corrected chi connectivity index (χ4v) is 3.32. The van der Waals surface area contributed by atoms with Crippen molar-refractivity contribution < 1.29 is 9.30 Å². The molecule has 0 saturated heterocycles. The highest BCUT2D eigenvalue weighted by Crippen LogP contribution is 2.33. The standard InChI is InChI=1S/C21H18NO/c1-22-20-11-7-6-10-18(20)17-13-12-16(23-2)14-19(17)21(22)15-8-4-3-5-9-15/h3-14H,1-2H3/q+1. The molecular weight excluding hydrogens is 282 g/mol. The van der Waals surface area contributed by atoms with Crippen molar-refractivity contribution in [2.75, 3.05) is 7.11 Å². The third-order valence-electron chi connectivity index (χ3n) is 4.42. The van der Waals surface area contributed by atoms with E-state index in [9.17, 15) is 0 Å². The van der Waals surface area contributed by atoms with E-state index in [1.807, 2.05) is 12.1 Å². The lowest BCUT2D eigenvalue weighted by Gasteiger charge is -2.10. The van der Waals surface area contributed by atoms with Crippen molar-refractivity contribution in [3.05, 3.63) is 72.8 Å². The zero-order valence-electron chi connectivity index (χ0n) is 13.3. The SMILES string of the molecule is COc1ccc2c(c1)c(-c1ccccc1)[n+](C)c1ccccc21. The average molecular weight is 300 g/mol. The van der Waals surface area contributed by atoms with Gasteiger partial charge in [0.05, 0.1) is 17.9 Å². The van der Waals surface area contributed by atoms with E-state index in [-0.39, 0.29) is 0 Å². The molecule has 0 N–H and O–H groups in total. The van der Waals surface area contributed by atoms with Crippen molar-refractivity contribution in [1.29, 1.82) is 0 Å². The molecule has 3 aromatic carbocycles. The van der Waals surface area contributed by atoms with Gasteiger partial charge in [-0.15, -0.1) is 0 Å². The highest BCUT2D eigenvalue weighted by atomic mass is 16.5. The van der Waals surface area contributed by atoms with Gasteiger partial charge in [0, 0.05) is 17.0 Å². The van der Waals surface area contributed by atoms with Crippen LogP contribution in [0.4, 0.5) is 0 Å². The van der Waals surface area contributed by atoms with Gasteiger partial charge in [-0.3, -0.25) is 0 Å². The topological polar surface area (TPSA) is 13.1 Å². The first kappa shape index (κ1) is 13.8. The number of benzene rings is 3. The second-order valence-corrected chi connectivity index (χ2v) is 5.70. The summed E-state index contributed by atoms with van der Waals surface area (Å²) in [6, 6.07) is 25.4. The van der Waals surface area contributed by atoms with Crippen molar-refractivity contribution >= 4 is 21.7 Å². The van der Waals surface area contributed by atoms with E-state index < -0.39 is 0 Å². The molecule has 2 nitrogen and oxygen atoms in total. The molecule has 0 bridgehead atoms. The van der Waals surface area contributed by atoms with E-state index in [1.165, 1.54) is 32.9 Å². The van der Waals surface area contributed by atoms with E-state index in [0.29, 0.717) is 0 Å². The van der Waals surface area contributed by atoms with E-state index >= 15 is 0 Å². The summed E-state index contributed by atoms with van der Waals surface area (Å²) in [5, 5.41) is 3.71. The molecular formula is C21H18NO+. The lowest BCUT2D eigenvalue weighted by Crippen LogP contribution is -2.32. The molecule has 2 heteroatoms. The Morgan fingerprint density at radius 2 is 1.48 bits per heavy atom. The fourth-order valence-electron chi connectivity index (χ4n) is 3.32. The van der Waals surface area contributed by atoms with Gasteiger partial charge >= 0.3 is 0 Å². The number of pyridine rings is 1. The normalized spacial score (nSPS) is 11.0. The minimum atomic E-state index is 0.880. The second kappa shape index (κ2) is 5.40. The maximum atomic E-state index is 5.46. The Labute approximate surface area is 135 Å². The number of aromatic nitrogens is 1. The Kier molecular flexibility index (Phi) is 3.23. The number of para-hydroxylation sites is 1. The van der Waals surface area contributed by atoms with E-state index in [0.717, 1.165) is 5.75 Å². The quantitative estimate of drug-likeness (QED) is 0.392. The van der Waals surface area contributed by atoms with Crippen molar-refractivity contribution in [2.24, 2.45) is 7.05 Å². The average Bonchev–Trinajstić information content (AvgIpc) is 2.62. The smallest absolute Gasteiger partial charge is 0.220 e. The summed E-state index contributed by atoms with van der Waals surface area (Å²) in [7, 11) is 3.84. The predicted molar refractivity (Wildman–Crippen MR) is 94.6 cm³/mol. The predicted octanol–water partition coefficient (Wildman–Crippen LogP) is 4.49. The third-order valence-corrected chi connectivity index (χ3v) is 4.42. The molecule has 0 amide bonds. The number of hydrogen-bond acceptors (Lipinski definition) is 1. The van der Waals surface area contributed by atoms with Crippen LogP contribution in [0, 0.1) is 0 Å². The molecule has 0 spiro atoms. The highest BCUT2D eigenvalue weighted by Gasteiger charge is 2.20. The van der Waals surface area contributed by atoms with Crippen LogP contribution in [-0.4, -0.2) is 7.11 Å². The molecule has 4 aromatic rings. The van der Waals surface area contributed by atoms with Crippen molar-refractivity contribution in [1.82, 2.24) is 0 Å². The number of aryl methyl sites for hydroxylation is 1. The molecule has 0 aliphatic carbocycles. The Bertz CT molecular complexity index is 1010. The molecule has 0 aliphatic rings. The van der Waals surface area contributed by atoms with Crippen LogP contribution in [0.2, 0.25) is 0 Å². The Balaban J connectivity index is 2.23. The molecule has 4 rings (SSSR count). The van der Waals surface area contributed by atoms with Crippen LogP contribution in [0.5, 0.6) is 5.75 Å². The fraction of sp³-hybridized carbons (Fsp3) is 0.0952. The van der Waals surface area contributed by atoms with Gasteiger partial charge in [-0.1, -0.05) is 30.3 Å². The van der Waals surface area contributed by atoms with Crippen LogP contribution in [0.3, 0.4) is 0 Å². The largest absolute Gasteiger partial charge is 0.497 e. The zero-order chi connectivity index (χ0) is 15.8. The van der Waals surface area contributed by atoms with Gasteiger partial charge in [-0.05, 0) is 36.4 Å². The maximum Gasteiger partial charge on any atom is 0.220 e. The molecule has 0 atom stereocenters. The molecule has 1 aromatic heterocycles. The Hall–Kier alpha value is -2.87. The first-order valence-electron chi connectivity index (χ1n) is 7.73. The van der Waals surface area contributed by atoms with E-state index in [2.05, 4.69) is 72.3 Å². The minimum Gasteiger partial charge on any atom is -0.497 e. The first-order chi connectivity index (χ1) is 11.3. The van der Waals surface area contributed by atoms with Crippen molar-refractivity contribution in [2.45, 2.75) is 0 Å². The van der Waals surface area contributed by atoms with Crippen LogP contribution < -0.4 is 9.30 Å². The minimum absolute atomic E-state index is 0.880. The number of hydrogen-bond donors (Lipinski definition) is 0. The molecule has 0 radical (unpaired) electrons. The highest BCUT2D eigenvalue weighted by molar-refractivity contribution is 6.09. The van der Waals surface area contributed by atoms with Crippen LogP contribution >= 0.6 is 0 Å². The number of methoxy groups -OCH3 is 1. The lowest BCUT2D eigenvalue weighted by molar-refractivity contribution is -0.632. The van der Waals surface area contributed by atoms with Gasteiger partial charge < -0.3 is 4.74 Å². The number of ether oxygens (including phenoxy) is 1. The molecule has 0 saturated carbocycles. The van der Waals surface area contributed by atoms with Gasteiger partial charge in [0.15, 0.2) is 0 Å². The first-order valence-corrected chi connectivity index (χ1v) is 7.73. The molecule has 0 unspecified atom stereocenters. The van der Waals surface area contributed by atoms with Crippen LogP contribution in [0.15, 0.2) is 72.8 Å². The van der Waals surface area contributed by atoms with Gasteiger partial charge in [-0.2, -0.15) is 4.57 Å². The maximum absolute atomic E-state index is 5.46. The monoisotopic (exact) mass is 300 g/mol. The van der Waals surface area contributed by atoms with Crippen LogP contribution in [-0.2, 0) is 7.05 Å². The summed E-state index contributed by atoms with van der Waals surface area (Å²) in [6.45, 7) is 0. The molecule has 0 aliphatic heterocycles. The summed E-state index contributed by atoms with van der Waals surface area (Å²) in [5.41, 5.74) is 3.64. The summed E-state index contributed by atoms with van der Waals surface area (Å²) in [5.74, 6) is 0.880. The summed E-state index contributed by atoms with van der Waals surface area (Å²) >= 11 is 0. The lowest BCUT2D eigenvalue weighted by atomic mass is 9.99. The second-order valence-electron chi connectivity index (χ2n) is 5.70. The van der Waals surface area contributed by atoms with E-state index in [1.54, 1.807) is 7.11 Å². The van der Waals surface area contributed by atoms with Crippen molar-refractivity contribution in [3.63, 3.8) is 0 Å². The summed E-state index contributed by atoms with van der Waals surface area (Å²) in [4.78, 5) is 0. The molecule has 0 fully saturated rings. The van der Waals surface area contributed by atoms with Crippen LogP contribution in [0.25, 0.3) is 32.9 Å². The molecule has 1 heterocycles. The van der Waals surface area contributed by atoms with Gasteiger partial charge in [-0.25, -0.2) is 0 Å². The molecule has 112 valence electrons. The summed E-state index contributed by atoms with van der Waals surface area (Å²) in [6.07, 6.45) is 0. The molecule has 23 heavy (non-hydrogen) atoms. The van der Waals surface area contributed by atoms with Gasteiger partial charge in [0.2, 0.25) is 11.2 Å². The number of nitrogens with zero attached hydrogens (tertiary/aromatic N) is 1. The van der Waals surface area contributed by atoms with Gasteiger partial charge in [0.1, 0.15) is 12.8 Å². The van der Waals surface area contributed by atoms with Crippen molar-refractivity contribution in [3.8, 4) is 17.0 Å². The third kappa shape index (κ3) is 2.15. The Morgan fingerprint density at radius 1 is 0.739 bits per heavy atom. The Morgan fingerprint density at radius 3 is 2.26 bits per heavy atom. The van der Waals surface area contributed by atoms with E-state index in [4.69, 9.17) is 4.74 Å². The summed E-state index contributed by atoms with van der Waals surface area (Å²) < 4.78 is 7.73. The van der Waals surface area contributed by atoms with Crippen LogP contribution in [0.1, 0.15) is 0 Å². The zero-order valence-corrected chi connectivity index (χ0v) is 13.3. The van der Waals surface area contributed by atoms with Gasteiger partial charge in [0.25, 0.3) is 0 Å². The number of rotatable bonds is 2. The number of fused-ring (bicyclic) bond motifs is 3.